The van der Waals surface area contributed by atoms with Crippen molar-refractivity contribution in [1.82, 2.24) is 10.2 Å². The Morgan fingerprint density at radius 2 is 1.81 bits per heavy atom. The molecule has 1 N–H and O–H groups in total. The fraction of sp³-hybridized carbons (Fsp3) is 0.619. The van der Waals surface area contributed by atoms with Gasteiger partial charge in [0.25, 0.3) is 0 Å². The van der Waals surface area contributed by atoms with E-state index >= 15 is 0 Å². The minimum Gasteiger partial charge on any atom is -0.355 e. The third kappa shape index (κ3) is 4.44. The highest BCUT2D eigenvalue weighted by Crippen LogP contribution is 2.34. The normalized spacial score (nSPS) is 22.8. The van der Waals surface area contributed by atoms with Gasteiger partial charge in [-0.3, -0.25) is 9.59 Å². The number of aryl methyl sites for hydroxylation is 1. The lowest BCUT2D eigenvalue weighted by atomic mass is 9.80. The molecule has 142 valence electrons. The summed E-state index contributed by atoms with van der Waals surface area (Å²) < 4.78 is 0. The number of nitrogens with zero attached hydrogens (tertiary/aromatic N) is 2. The van der Waals surface area contributed by atoms with Crippen molar-refractivity contribution in [3.63, 3.8) is 0 Å². The molecule has 2 aliphatic rings. The van der Waals surface area contributed by atoms with Gasteiger partial charge in [0.05, 0.1) is 0 Å². The standard InChI is InChI=1S/C21H31N3O2/c1-23(2)15-13-22-20(25)17-9-11-18(12-10-17)21(26)24-14-5-7-16-6-3-4-8-19(16)24/h3-4,6,8,17-18H,5,7,9-15H2,1-2H3,(H,22,25). The van der Waals surface area contributed by atoms with Crippen molar-refractivity contribution in [2.45, 2.75) is 38.5 Å². The summed E-state index contributed by atoms with van der Waals surface area (Å²) in [4.78, 5) is 29.4. The zero-order chi connectivity index (χ0) is 18.5. The molecule has 1 aromatic rings. The Balaban J connectivity index is 1.52. The molecule has 5 nitrogen and oxygen atoms in total. The van der Waals surface area contributed by atoms with Crippen LogP contribution in [0.25, 0.3) is 0 Å². The fourth-order valence-electron chi connectivity index (χ4n) is 4.13. The quantitative estimate of drug-likeness (QED) is 0.881. The van der Waals surface area contributed by atoms with Crippen LogP contribution in [-0.4, -0.2) is 50.4 Å². The van der Waals surface area contributed by atoms with Crippen LogP contribution in [-0.2, 0) is 16.0 Å². The summed E-state index contributed by atoms with van der Waals surface area (Å²) in [5.41, 5.74) is 2.37. The predicted molar refractivity (Wildman–Crippen MR) is 104 cm³/mol. The molecule has 2 amide bonds. The van der Waals surface area contributed by atoms with E-state index in [0.29, 0.717) is 6.54 Å². The second-order valence-electron chi connectivity index (χ2n) is 7.86. The van der Waals surface area contributed by atoms with Crippen LogP contribution in [0.1, 0.15) is 37.7 Å². The van der Waals surface area contributed by atoms with Crippen LogP contribution >= 0.6 is 0 Å². The molecule has 0 atom stereocenters. The lowest BCUT2D eigenvalue weighted by Gasteiger charge is -2.35. The van der Waals surface area contributed by atoms with Crippen LogP contribution in [0.2, 0.25) is 0 Å². The summed E-state index contributed by atoms with van der Waals surface area (Å²) in [6.45, 7) is 2.37. The van der Waals surface area contributed by atoms with Gasteiger partial charge in [-0.25, -0.2) is 0 Å². The number of para-hydroxylation sites is 1. The molecule has 1 aromatic carbocycles. The number of amides is 2. The van der Waals surface area contributed by atoms with Crippen molar-refractivity contribution in [1.29, 1.82) is 0 Å². The number of carbonyl (C=O) groups is 2. The maximum atomic E-state index is 13.1. The van der Waals surface area contributed by atoms with Crippen molar-refractivity contribution >= 4 is 17.5 Å². The number of rotatable bonds is 5. The van der Waals surface area contributed by atoms with Gasteiger partial charge in [0, 0.05) is 37.2 Å². The summed E-state index contributed by atoms with van der Waals surface area (Å²) in [6, 6.07) is 8.26. The van der Waals surface area contributed by atoms with Crippen LogP contribution in [0.5, 0.6) is 0 Å². The highest BCUT2D eigenvalue weighted by Gasteiger charge is 2.33. The fourth-order valence-corrected chi connectivity index (χ4v) is 4.13. The molecule has 5 heteroatoms. The Hall–Kier alpha value is -1.88. The Morgan fingerprint density at radius 3 is 2.54 bits per heavy atom. The molecular weight excluding hydrogens is 326 g/mol. The number of likely N-dealkylation sites (N-methyl/N-ethyl adjacent to an activating group) is 1. The van der Waals surface area contributed by atoms with Crippen LogP contribution in [0.15, 0.2) is 24.3 Å². The number of hydrogen-bond donors (Lipinski definition) is 1. The van der Waals surface area contributed by atoms with Crippen LogP contribution in [0, 0.1) is 11.8 Å². The molecule has 26 heavy (non-hydrogen) atoms. The zero-order valence-electron chi connectivity index (χ0n) is 16.0. The molecular formula is C21H31N3O2. The van der Waals surface area contributed by atoms with Gasteiger partial charge in [-0.15, -0.1) is 0 Å². The summed E-state index contributed by atoms with van der Waals surface area (Å²) in [5.74, 6) is 0.534. The third-order valence-corrected chi connectivity index (χ3v) is 5.68. The van der Waals surface area contributed by atoms with Crippen LogP contribution in [0.3, 0.4) is 0 Å². The highest BCUT2D eigenvalue weighted by molar-refractivity contribution is 5.96. The van der Waals surface area contributed by atoms with E-state index in [1.54, 1.807) is 0 Å². The molecule has 1 saturated carbocycles. The lowest BCUT2D eigenvalue weighted by Crippen LogP contribution is -2.42. The second kappa shape index (κ2) is 8.67. The maximum Gasteiger partial charge on any atom is 0.230 e. The van der Waals surface area contributed by atoms with Gasteiger partial charge in [0.1, 0.15) is 0 Å². The SMILES string of the molecule is CN(C)CCNC(=O)C1CCC(C(=O)N2CCCc3ccccc32)CC1. The molecule has 0 saturated heterocycles. The third-order valence-electron chi connectivity index (χ3n) is 5.68. The van der Waals surface area contributed by atoms with Crippen molar-refractivity contribution in [2.24, 2.45) is 11.8 Å². The molecule has 1 aliphatic heterocycles. The van der Waals surface area contributed by atoms with Crippen molar-refractivity contribution in [2.75, 3.05) is 38.6 Å². The number of anilines is 1. The number of nitrogens with one attached hydrogen (secondary N) is 1. The number of carbonyl (C=O) groups excluding carboxylic acids is 2. The minimum atomic E-state index is 0.0620. The van der Waals surface area contributed by atoms with E-state index in [-0.39, 0.29) is 23.7 Å². The van der Waals surface area contributed by atoms with Gasteiger partial charge >= 0.3 is 0 Å². The lowest BCUT2D eigenvalue weighted by molar-refractivity contribution is -0.129. The van der Waals surface area contributed by atoms with Gasteiger partial charge in [-0.2, -0.15) is 0 Å². The van der Waals surface area contributed by atoms with Crippen molar-refractivity contribution in [3.05, 3.63) is 29.8 Å². The Kier molecular flexibility index (Phi) is 6.30. The van der Waals surface area contributed by atoms with Gasteiger partial charge in [0.2, 0.25) is 11.8 Å². The van der Waals surface area contributed by atoms with Crippen LogP contribution in [0.4, 0.5) is 5.69 Å². The molecule has 1 heterocycles. The van der Waals surface area contributed by atoms with E-state index in [2.05, 4.69) is 22.3 Å². The molecule has 0 radical (unpaired) electrons. The van der Waals surface area contributed by atoms with E-state index < -0.39 is 0 Å². The Labute approximate surface area is 156 Å². The summed E-state index contributed by atoms with van der Waals surface area (Å²) in [6.07, 6.45) is 5.37. The number of fused-ring (bicyclic) bond motifs is 1. The van der Waals surface area contributed by atoms with E-state index in [0.717, 1.165) is 57.3 Å². The zero-order valence-corrected chi connectivity index (χ0v) is 16.0. The van der Waals surface area contributed by atoms with E-state index in [1.165, 1.54) is 5.56 Å². The number of benzene rings is 1. The van der Waals surface area contributed by atoms with Crippen molar-refractivity contribution < 1.29 is 9.59 Å². The molecule has 3 rings (SSSR count). The van der Waals surface area contributed by atoms with Gasteiger partial charge in [-0.05, 0) is 64.3 Å². The predicted octanol–water partition coefficient (Wildman–Crippen LogP) is 2.45. The monoisotopic (exact) mass is 357 g/mol. The van der Waals surface area contributed by atoms with Gasteiger partial charge in [-0.1, -0.05) is 18.2 Å². The smallest absolute Gasteiger partial charge is 0.230 e. The molecule has 0 spiro atoms. The molecule has 0 bridgehead atoms. The molecule has 1 aliphatic carbocycles. The van der Waals surface area contributed by atoms with E-state index in [9.17, 15) is 9.59 Å². The second-order valence-corrected chi connectivity index (χ2v) is 7.86. The van der Waals surface area contributed by atoms with Gasteiger partial charge in [0.15, 0.2) is 0 Å². The van der Waals surface area contributed by atoms with E-state index in [1.807, 2.05) is 31.1 Å². The first-order chi connectivity index (χ1) is 12.6. The van der Waals surface area contributed by atoms with E-state index in [4.69, 9.17) is 0 Å². The average molecular weight is 357 g/mol. The summed E-state index contributed by atoms with van der Waals surface area (Å²) in [7, 11) is 4.00. The van der Waals surface area contributed by atoms with Crippen molar-refractivity contribution in [3.8, 4) is 0 Å². The molecule has 1 fully saturated rings. The van der Waals surface area contributed by atoms with Gasteiger partial charge < -0.3 is 15.1 Å². The first-order valence-corrected chi connectivity index (χ1v) is 9.88. The average Bonchev–Trinajstić information content (AvgIpc) is 2.66. The highest BCUT2D eigenvalue weighted by atomic mass is 16.2. The Bertz CT molecular complexity index is 636. The summed E-state index contributed by atoms with van der Waals surface area (Å²) >= 11 is 0. The first kappa shape index (κ1) is 18.9. The molecule has 0 unspecified atom stereocenters. The first-order valence-electron chi connectivity index (χ1n) is 9.88. The summed E-state index contributed by atoms with van der Waals surface area (Å²) in [5, 5.41) is 3.03. The molecule has 0 aromatic heterocycles. The largest absolute Gasteiger partial charge is 0.355 e. The number of hydrogen-bond acceptors (Lipinski definition) is 3. The Morgan fingerprint density at radius 1 is 1.12 bits per heavy atom. The maximum absolute atomic E-state index is 13.1. The topological polar surface area (TPSA) is 52.7 Å². The minimum absolute atomic E-state index is 0.0620. The van der Waals surface area contributed by atoms with Crippen LogP contribution < -0.4 is 10.2 Å².